The molecule has 2 nitrogen and oxygen atoms in total. The second kappa shape index (κ2) is 6.86. The lowest BCUT2D eigenvalue weighted by molar-refractivity contribution is -0.138. The maximum absolute atomic E-state index is 12.9. The van der Waals surface area contributed by atoms with Crippen LogP contribution in [0.1, 0.15) is 40.9 Å². The van der Waals surface area contributed by atoms with Gasteiger partial charge in [0.1, 0.15) is 12.4 Å². The fourth-order valence-electron chi connectivity index (χ4n) is 2.38. The minimum absolute atomic E-state index is 0.0455. The molecule has 0 unspecified atom stereocenters. The number of aryl methyl sites for hydroxylation is 1. The summed E-state index contributed by atoms with van der Waals surface area (Å²) in [7, 11) is 0. The summed E-state index contributed by atoms with van der Waals surface area (Å²) in [5.41, 5.74) is 0.805. The molecule has 0 atom stereocenters. The lowest BCUT2D eigenvalue weighted by Gasteiger charge is -2.14. The van der Waals surface area contributed by atoms with Crippen LogP contribution < -0.4 is 4.74 Å². The third kappa shape index (κ3) is 4.12. The number of carbonyl (C=O) groups is 1. The Kier molecular flexibility index (Phi) is 5.08. The van der Waals surface area contributed by atoms with Gasteiger partial charge in [0, 0.05) is 11.1 Å². The van der Waals surface area contributed by atoms with Crippen LogP contribution in [0, 0.1) is 0 Å². The van der Waals surface area contributed by atoms with Gasteiger partial charge in [0.05, 0.1) is 5.56 Å². The summed E-state index contributed by atoms with van der Waals surface area (Å²) in [5.74, 6) is 0.402. The van der Waals surface area contributed by atoms with Gasteiger partial charge >= 0.3 is 6.18 Å². The maximum Gasteiger partial charge on any atom is 0.416 e. The van der Waals surface area contributed by atoms with E-state index in [9.17, 15) is 18.0 Å². The SMILES string of the molecule is CCc1cc(OCc2ccccc2C(F)(F)F)ccc1C(C)=O. The molecule has 0 radical (unpaired) electrons. The fraction of sp³-hybridized carbons (Fsp3) is 0.278. The highest BCUT2D eigenvalue weighted by molar-refractivity contribution is 5.95. The van der Waals surface area contributed by atoms with Crippen LogP contribution in [0.3, 0.4) is 0 Å². The number of benzene rings is 2. The molecular weight excluding hydrogens is 305 g/mol. The van der Waals surface area contributed by atoms with Crippen LogP contribution in [-0.2, 0) is 19.2 Å². The van der Waals surface area contributed by atoms with E-state index in [1.165, 1.54) is 19.1 Å². The summed E-state index contributed by atoms with van der Waals surface area (Å²) in [4.78, 5) is 11.5. The van der Waals surface area contributed by atoms with E-state index >= 15 is 0 Å². The Labute approximate surface area is 132 Å². The Balaban J connectivity index is 2.21. The average molecular weight is 322 g/mol. The third-order valence-electron chi connectivity index (χ3n) is 3.55. The van der Waals surface area contributed by atoms with Crippen LogP contribution in [0.5, 0.6) is 5.75 Å². The van der Waals surface area contributed by atoms with Crippen LogP contribution in [0.25, 0.3) is 0 Å². The van der Waals surface area contributed by atoms with E-state index in [2.05, 4.69) is 0 Å². The molecule has 5 heteroatoms. The quantitative estimate of drug-likeness (QED) is 0.720. The molecule has 0 amide bonds. The van der Waals surface area contributed by atoms with Crippen molar-refractivity contribution in [1.82, 2.24) is 0 Å². The van der Waals surface area contributed by atoms with Gasteiger partial charge in [0.15, 0.2) is 5.78 Å². The highest BCUT2D eigenvalue weighted by atomic mass is 19.4. The van der Waals surface area contributed by atoms with Crippen LogP contribution in [0.2, 0.25) is 0 Å². The van der Waals surface area contributed by atoms with Crippen molar-refractivity contribution >= 4 is 5.78 Å². The number of hydrogen-bond donors (Lipinski definition) is 0. The van der Waals surface area contributed by atoms with E-state index < -0.39 is 11.7 Å². The molecule has 0 bridgehead atoms. The highest BCUT2D eigenvalue weighted by Crippen LogP contribution is 2.32. The molecule has 0 N–H and O–H groups in total. The summed E-state index contributed by atoms with van der Waals surface area (Å²) in [6, 6.07) is 10.3. The highest BCUT2D eigenvalue weighted by Gasteiger charge is 2.32. The van der Waals surface area contributed by atoms with Crippen LogP contribution in [0.15, 0.2) is 42.5 Å². The Bertz CT molecular complexity index is 706. The molecule has 0 aliphatic heterocycles. The smallest absolute Gasteiger partial charge is 0.416 e. The summed E-state index contributed by atoms with van der Waals surface area (Å²) in [6.45, 7) is 3.21. The standard InChI is InChI=1S/C18H17F3O2/c1-3-13-10-15(8-9-16(13)12(2)22)23-11-14-6-4-5-7-17(14)18(19,20)21/h4-10H,3,11H2,1-2H3. The number of halogens is 3. The lowest BCUT2D eigenvalue weighted by Crippen LogP contribution is -2.10. The minimum Gasteiger partial charge on any atom is -0.489 e. The lowest BCUT2D eigenvalue weighted by atomic mass is 10.0. The summed E-state index contributed by atoms with van der Waals surface area (Å²) in [6.07, 6.45) is -3.77. The predicted octanol–water partition coefficient (Wildman–Crippen LogP) is 5.05. The van der Waals surface area contributed by atoms with Crippen LogP contribution in [-0.4, -0.2) is 5.78 Å². The molecule has 0 saturated carbocycles. The fourth-order valence-corrected chi connectivity index (χ4v) is 2.38. The monoisotopic (exact) mass is 322 g/mol. The largest absolute Gasteiger partial charge is 0.489 e. The van der Waals surface area contributed by atoms with E-state index in [1.54, 1.807) is 24.3 Å². The number of rotatable bonds is 5. The zero-order valence-electron chi connectivity index (χ0n) is 12.9. The Morgan fingerprint density at radius 1 is 1.09 bits per heavy atom. The van der Waals surface area contributed by atoms with Gasteiger partial charge in [-0.2, -0.15) is 13.2 Å². The van der Waals surface area contributed by atoms with Crippen LogP contribution >= 0.6 is 0 Å². The van der Waals surface area contributed by atoms with Crippen molar-refractivity contribution in [1.29, 1.82) is 0 Å². The number of ketones is 1. The Morgan fingerprint density at radius 3 is 2.39 bits per heavy atom. The normalized spacial score (nSPS) is 11.3. The molecule has 0 spiro atoms. The zero-order valence-corrected chi connectivity index (χ0v) is 12.9. The van der Waals surface area contributed by atoms with Gasteiger partial charge in [-0.3, -0.25) is 4.79 Å². The van der Waals surface area contributed by atoms with E-state index in [0.717, 1.165) is 11.6 Å². The molecule has 0 aliphatic rings. The summed E-state index contributed by atoms with van der Waals surface area (Å²) >= 11 is 0. The molecule has 0 heterocycles. The first-order chi connectivity index (χ1) is 10.8. The molecule has 2 aromatic rings. The molecule has 0 fully saturated rings. The van der Waals surface area contributed by atoms with E-state index in [4.69, 9.17) is 4.74 Å². The van der Waals surface area contributed by atoms with Gasteiger partial charge in [0.25, 0.3) is 0 Å². The van der Waals surface area contributed by atoms with Crippen molar-refractivity contribution < 1.29 is 22.7 Å². The summed E-state index contributed by atoms with van der Waals surface area (Å²) in [5, 5.41) is 0. The molecule has 0 aliphatic carbocycles. The first kappa shape index (κ1) is 17.1. The molecule has 23 heavy (non-hydrogen) atoms. The van der Waals surface area contributed by atoms with E-state index in [1.807, 2.05) is 6.92 Å². The van der Waals surface area contributed by atoms with Gasteiger partial charge in [0.2, 0.25) is 0 Å². The second-order valence-electron chi connectivity index (χ2n) is 5.17. The maximum atomic E-state index is 12.9. The van der Waals surface area contributed by atoms with Crippen molar-refractivity contribution in [3.05, 3.63) is 64.7 Å². The van der Waals surface area contributed by atoms with Crippen molar-refractivity contribution in [3.63, 3.8) is 0 Å². The molecule has 0 aromatic heterocycles. The van der Waals surface area contributed by atoms with E-state index in [0.29, 0.717) is 17.7 Å². The van der Waals surface area contributed by atoms with Crippen molar-refractivity contribution in [2.75, 3.05) is 0 Å². The van der Waals surface area contributed by atoms with E-state index in [-0.39, 0.29) is 18.0 Å². The third-order valence-corrected chi connectivity index (χ3v) is 3.55. The number of hydrogen-bond acceptors (Lipinski definition) is 2. The Hall–Kier alpha value is -2.30. The van der Waals surface area contributed by atoms with Crippen molar-refractivity contribution in [3.8, 4) is 5.75 Å². The molecule has 2 aromatic carbocycles. The van der Waals surface area contributed by atoms with Gasteiger partial charge in [-0.1, -0.05) is 25.1 Å². The van der Waals surface area contributed by atoms with Gasteiger partial charge < -0.3 is 4.74 Å². The first-order valence-corrected chi connectivity index (χ1v) is 7.24. The average Bonchev–Trinajstić information content (AvgIpc) is 2.51. The molecular formula is C18H17F3O2. The molecule has 2 rings (SSSR count). The number of alkyl halides is 3. The van der Waals surface area contributed by atoms with Crippen LogP contribution in [0.4, 0.5) is 13.2 Å². The topological polar surface area (TPSA) is 26.3 Å². The van der Waals surface area contributed by atoms with Gasteiger partial charge in [-0.05, 0) is 43.2 Å². The Morgan fingerprint density at radius 2 is 1.78 bits per heavy atom. The molecule has 0 saturated heterocycles. The van der Waals surface area contributed by atoms with Crippen molar-refractivity contribution in [2.24, 2.45) is 0 Å². The zero-order chi connectivity index (χ0) is 17.0. The number of Topliss-reactive ketones (excluding diaryl/α,β-unsaturated/α-hetero) is 1. The second-order valence-corrected chi connectivity index (χ2v) is 5.17. The number of carbonyl (C=O) groups excluding carboxylic acids is 1. The number of ether oxygens (including phenoxy) is 1. The minimum atomic E-state index is -4.41. The predicted molar refractivity (Wildman–Crippen MR) is 81.6 cm³/mol. The molecule has 122 valence electrons. The van der Waals surface area contributed by atoms with Gasteiger partial charge in [-0.25, -0.2) is 0 Å². The first-order valence-electron chi connectivity index (χ1n) is 7.24. The summed E-state index contributed by atoms with van der Waals surface area (Å²) < 4.78 is 44.3. The van der Waals surface area contributed by atoms with Crippen molar-refractivity contribution in [2.45, 2.75) is 33.1 Å². The van der Waals surface area contributed by atoms with Gasteiger partial charge in [-0.15, -0.1) is 0 Å².